The summed E-state index contributed by atoms with van der Waals surface area (Å²) in [4.78, 5) is 24.2. The number of halogens is 6. The van der Waals surface area contributed by atoms with E-state index in [-0.39, 0.29) is 6.07 Å². The SMILES string of the molecule is O=NC(=O)/C=C\n1cnc(-c2cc(C(F)(F)F)cc(C(F)(F)F)c2)n1. The zero-order valence-electron chi connectivity index (χ0n) is 11.8. The number of carbonyl (C=O) groups is 1. The number of aromatic nitrogens is 3. The molecule has 0 fully saturated rings. The van der Waals surface area contributed by atoms with Crippen molar-refractivity contribution >= 4 is 12.1 Å². The number of hydrogen-bond donors (Lipinski definition) is 0. The topological polar surface area (TPSA) is 77.2 Å². The van der Waals surface area contributed by atoms with E-state index in [2.05, 4.69) is 15.3 Å². The van der Waals surface area contributed by atoms with Crippen LogP contribution in [0, 0.1) is 4.91 Å². The Labute approximate surface area is 134 Å². The van der Waals surface area contributed by atoms with E-state index in [4.69, 9.17) is 0 Å². The molecule has 0 N–H and O–H groups in total. The van der Waals surface area contributed by atoms with E-state index in [1.54, 1.807) is 0 Å². The van der Waals surface area contributed by atoms with E-state index >= 15 is 0 Å². The summed E-state index contributed by atoms with van der Waals surface area (Å²) in [5.41, 5.74) is -3.54. The fourth-order valence-corrected chi connectivity index (χ4v) is 1.73. The zero-order valence-corrected chi connectivity index (χ0v) is 11.8. The van der Waals surface area contributed by atoms with E-state index < -0.39 is 40.8 Å². The second kappa shape index (κ2) is 6.45. The molecule has 0 bridgehead atoms. The molecule has 1 aromatic carbocycles. The molecule has 1 aromatic heterocycles. The highest BCUT2D eigenvalue weighted by Gasteiger charge is 2.37. The van der Waals surface area contributed by atoms with Crippen LogP contribution >= 0.6 is 0 Å². The second-order valence-corrected chi connectivity index (χ2v) is 4.59. The Balaban J connectivity index is 2.48. The predicted molar refractivity (Wildman–Crippen MR) is 71.6 cm³/mol. The Kier molecular flexibility index (Phi) is 4.72. The van der Waals surface area contributed by atoms with Gasteiger partial charge < -0.3 is 0 Å². The minimum Gasteiger partial charge on any atom is -0.264 e. The van der Waals surface area contributed by atoms with Crippen LogP contribution in [0.1, 0.15) is 11.1 Å². The van der Waals surface area contributed by atoms with Crippen molar-refractivity contribution in [3.63, 3.8) is 0 Å². The van der Waals surface area contributed by atoms with E-state index in [0.717, 1.165) is 17.2 Å². The second-order valence-electron chi connectivity index (χ2n) is 4.59. The van der Waals surface area contributed by atoms with Gasteiger partial charge >= 0.3 is 18.3 Å². The van der Waals surface area contributed by atoms with Crippen molar-refractivity contribution in [3.8, 4) is 11.4 Å². The molecule has 132 valence electrons. The number of amides is 1. The monoisotopic (exact) mass is 364 g/mol. The normalized spacial score (nSPS) is 12.6. The lowest BCUT2D eigenvalue weighted by Crippen LogP contribution is -2.11. The van der Waals surface area contributed by atoms with Gasteiger partial charge in [-0.25, -0.2) is 9.67 Å². The van der Waals surface area contributed by atoms with Gasteiger partial charge in [0.1, 0.15) is 6.33 Å². The summed E-state index contributed by atoms with van der Waals surface area (Å²) in [7, 11) is 0. The molecule has 1 heterocycles. The molecule has 1 amide bonds. The van der Waals surface area contributed by atoms with Gasteiger partial charge in [0, 0.05) is 23.0 Å². The maximum absolute atomic E-state index is 12.8. The molecular formula is C13H6F6N4O2. The standard InChI is InChI=1S/C13H6F6N4O2/c14-12(15,16)8-3-7(4-9(5-8)13(17,18)19)11-20-6-23(21-11)2-1-10(24)22-25/h1-6H/b2-1-. The third-order valence-electron chi connectivity index (χ3n) is 2.81. The van der Waals surface area contributed by atoms with Gasteiger partial charge in [-0.05, 0) is 18.2 Å². The summed E-state index contributed by atoms with van der Waals surface area (Å²) in [6.07, 6.45) is -7.46. The first-order valence-electron chi connectivity index (χ1n) is 6.27. The molecule has 25 heavy (non-hydrogen) atoms. The number of hydrogen-bond acceptors (Lipinski definition) is 4. The van der Waals surface area contributed by atoms with Gasteiger partial charge in [0.15, 0.2) is 5.82 Å². The fraction of sp³-hybridized carbons (Fsp3) is 0.154. The van der Waals surface area contributed by atoms with Crippen molar-refractivity contribution in [2.24, 2.45) is 5.18 Å². The Morgan fingerprint density at radius 1 is 1.04 bits per heavy atom. The van der Waals surface area contributed by atoms with Crippen LogP contribution in [0.5, 0.6) is 0 Å². The molecule has 0 radical (unpaired) electrons. The number of benzene rings is 1. The molecule has 0 aliphatic heterocycles. The van der Waals surface area contributed by atoms with Crippen molar-refractivity contribution in [3.05, 3.63) is 46.6 Å². The quantitative estimate of drug-likeness (QED) is 0.472. The Morgan fingerprint density at radius 2 is 1.60 bits per heavy atom. The van der Waals surface area contributed by atoms with Crippen LogP contribution in [0.15, 0.2) is 35.8 Å². The summed E-state index contributed by atoms with van der Waals surface area (Å²) < 4.78 is 77.6. The molecule has 0 aliphatic rings. The first-order valence-corrected chi connectivity index (χ1v) is 6.27. The first kappa shape index (κ1) is 18.3. The maximum atomic E-state index is 12.8. The van der Waals surface area contributed by atoms with E-state index in [9.17, 15) is 36.0 Å². The summed E-state index contributed by atoms with van der Waals surface area (Å²) in [5, 5.41) is 5.68. The molecule has 0 saturated carbocycles. The fourth-order valence-electron chi connectivity index (χ4n) is 1.73. The highest BCUT2D eigenvalue weighted by atomic mass is 19.4. The number of carbonyl (C=O) groups excluding carboxylic acids is 1. The number of rotatable bonds is 3. The van der Waals surface area contributed by atoms with Crippen molar-refractivity contribution in [1.29, 1.82) is 0 Å². The average molecular weight is 364 g/mol. The van der Waals surface area contributed by atoms with Gasteiger partial charge in [-0.2, -0.15) is 26.3 Å². The van der Waals surface area contributed by atoms with E-state index in [1.807, 2.05) is 0 Å². The van der Waals surface area contributed by atoms with Crippen LogP contribution in [0.25, 0.3) is 17.6 Å². The van der Waals surface area contributed by atoms with Gasteiger partial charge in [0.2, 0.25) is 0 Å². The van der Waals surface area contributed by atoms with E-state index in [0.29, 0.717) is 18.2 Å². The minimum absolute atomic E-state index is 0.0190. The number of alkyl halides is 6. The molecular weight excluding hydrogens is 358 g/mol. The third-order valence-corrected chi connectivity index (χ3v) is 2.81. The molecule has 0 aliphatic carbocycles. The predicted octanol–water partition coefficient (Wildman–Crippen LogP) is 3.75. The number of nitroso groups, excluding NO2 is 1. The van der Waals surface area contributed by atoms with E-state index in [1.165, 1.54) is 0 Å². The summed E-state index contributed by atoms with van der Waals surface area (Å²) in [6, 6.07) is 0.919. The van der Waals surface area contributed by atoms with Gasteiger partial charge in [0.05, 0.1) is 11.1 Å². The third kappa shape index (κ3) is 4.49. The highest BCUT2D eigenvalue weighted by molar-refractivity contribution is 5.90. The number of nitrogens with zero attached hydrogens (tertiary/aromatic N) is 4. The largest absolute Gasteiger partial charge is 0.416 e. The molecule has 0 unspecified atom stereocenters. The van der Waals surface area contributed by atoms with Crippen LogP contribution < -0.4 is 0 Å². The maximum Gasteiger partial charge on any atom is 0.416 e. The molecule has 0 atom stereocenters. The van der Waals surface area contributed by atoms with Crippen molar-refractivity contribution in [2.45, 2.75) is 12.4 Å². The van der Waals surface area contributed by atoms with Gasteiger partial charge in [-0.1, -0.05) is 0 Å². The lowest BCUT2D eigenvalue weighted by atomic mass is 10.0. The molecule has 2 rings (SSSR count). The summed E-state index contributed by atoms with van der Waals surface area (Å²) >= 11 is 0. The first-order chi connectivity index (χ1) is 11.5. The van der Waals surface area contributed by atoms with Gasteiger partial charge in [0.25, 0.3) is 0 Å². The molecule has 2 aromatic rings. The van der Waals surface area contributed by atoms with Crippen LogP contribution in [0.2, 0.25) is 0 Å². The smallest absolute Gasteiger partial charge is 0.264 e. The van der Waals surface area contributed by atoms with Crippen LogP contribution in [-0.2, 0) is 17.1 Å². The zero-order chi connectivity index (χ0) is 18.8. The van der Waals surface area contributed by atoms with Crippen LogP contribution in [0.3, 0.4) is 0 Å². The Morgan fingerprint density at radius 3 is 2.08 bits per heavy atom. The minimum atomic E-state index is -5.00. The molecule has 0 saturated heterocycles. The lowest BCUT2D eigenvalue weighted by Gasteiger charge is -2.13. The van der Waals surface area contributed by atoms with Crippen LogP contribution in [0.4, 0.5) is 26.3 Å². The van der Waals surface area contributed by atoms with Crippen molar-refractivity contribution in [2.75, 3.05) is 0 Å². The van der Waals surface area contributed by atoms with Gasteiger partial charge in [-0.3, -0.25) is 4.79 Å². The molecule has 6 nitrogen and oxygen atoms in total. The lowest BCUT2D eigenvalue weighted by molar-refractivity contribution is -0.143. The molecule has 12 heteroatoms. The summed E-state index contributed by atoms with van der Waals surface area (Å²) in [6.45, 7) is 0. The average Bonchev–Trinajstić information content (AvgIpc) is 2.99. The Hall–Kier alpha value is -3.05. The summed E-state index contributed by atoms with van der Waals surface area (Å²) in [5.74, 6) is -1.59. The van der Waals surface area contributed by atoms with Crippen LogP contribution in [-0.4, -0.2) is 20.7 Å². The van der Waals surface area contributed by atoms with Crippen molar-refractivity contribution < 1.29 is 31.1 Å². The highest BCUT2D eigenvalue weighted by Crippen LogP contribution is 2.37. The molecule has 0 spiro atoms. The Bertz CT molecular complexity index is 806. The van der Waals surface area contributed by atoms with Crippen molar-refractivity contribution in [1.82, 2.24) is 14.8 Å². The van der Waals surface area contributed by atoms with Gasteiger partial charge in [-0.15, -0.1) is 10.0 Å².